The van der Waals surface area contributed by atoms with Crippen LogP contribution in [0.4, 0.5) is 5.82 Å². The van der Waals surface area contributed by atoms with Crippen molar-refractivity contribution in [2.75, 3.05) is 24.7 Å². The van der Waals surface area contributed by atoms with E-state index in [0.717, 1.165) is 25.6 Å². The third kappa shape index (κ3) is 2.38. The van der Waals surface area contributed by atoms with E-state index in [2.05, 4.69) is 21.8 Å². The highest BCUT2D eigenvalue weighted by Crippen LogP contribution is 2.19. The molecule has 0 saturated carbocycles. The number of halogens is 1. The molecule has 0 aliphatic carbocycles. The van der Waals surface area contributed by atoms with E-state index < -0.39 is 0 Å². The minimum atomic E-state index is 0.337. The van der Waals surface area contributed by atoms with Crippen LogP contribution in [0.3, 0.4) is 0 Å². The molecule has 0 aromatic carbocycles. The number of anilines is 1. The molecule has 1 aliphatic rings. The molecule has 2 heterocycles. The molecule has 1 aromatic rings. The summed E-state index contributed by atoms with van der Waals surface area (Å²) in [5, 5.41) is 0.496. The molecule has 0 N–H and O–H groups in total. The van der Waals surface area contributed by atoms with Crippen LogP contribution in [0, 0.1) is 6.92 Å². The molecular formula is C10H14ClN3O. The molecule has 82 valence electrons. The van der Waals surface area contributed by atoms with Crippen LogP contribution in [-0.4, -0.2) is 35.8 Å². The van der Waals surface area contributed by atoms with E-state index in [9.17, 15) is 0 Å². The van der Waals surface area contributed by atoms with Gasteiger partial charge in [-0.3, -0.25) is 0 Å². The molecule has 2 rings (SSSR count). The molecular weight excluding hydrogens is 214 g/mol. The number of morpholine rings is 1. The second-order valence-electron chi connectivity index (χ2n) is 3.71. The summed E-state index contributed by atoms with van der Waals surface area (Å²) in [5.74, 6) is 1.60. The van der Waals surface area contributed by atoms with Gasteiger partial charge in [0, 0.05) is 12.6 Å². The molecule has 0 spiro atoms. The summed E-state index contributed by atoms with van der Waals surface area (Å²) in [4.78, 5) is 10.6. The van der Waals surface area contributed by atoms with Gasteiger partial charge in [-0.1, -0.05) is 11.6 Å². The van der Waals surface area contributed by atoms with Crippen molar-refractivity contribution >= 4 is 17.4 Å². The number of hydrogen-bond donors (Lipinski definition) is 0. The molecule has 4 nitrogen and oxygen atoms in total. The maximum atomic E-state index is 5.91. The van der Waals surface area contributed by atoms with E-state index in [1.807, 2.05) is 6.92 Å². The van der Waals surface area contributed by atoms with Crippen LogP contribution < -0.4 is 4.90 Å². The van der Waals surface area contributed by atoms with Crippen LogP contribution in [0.25, 0.3) is 0 Å². The predicted octanol–water partition coefficient (Wildman–Crippen LogP) is 1.66. The topological polar surface area (TPSA) is 38.2 Å². The summed E-state index contributed by atoms with van der Waals surface area (Å²) >= 11 is 5.91. The van der Waals surface area contributed by atoms with E-state index in [1.54, 1.807) is 6.07 Å². The van der Waals surface area contributed by atoms with Gasteiger partial charge in [0.2, 0.25) is 0 Å². The zero-order chi connectivity index (χ0) is 10.8. The molecule has 1 aliphatic heterocycles. The van der Waals surface area contributed by atoms with Gasteiger partial charge in [-0.2, -0.15) is 0 Å². The number of rotatable bonds is 1. The standard InChI is InChI=1S/C10H14ClN3O/c1-7-6-15-4-3-14(7)10-5-9(11)12-8(2)13-10/h5,7H,3-4,6H2,1-2H3/t7-/m0/s1. The van der Waals surface area contributed by atoms with Crippen molar-refractivity contribution in [1.29, 1.82) is 0 Å². The number of hydrogen-bond acceptors (Lipinski definition) is 4. The Kier molecular flexibility index (Phi) is 3.07. The summed E-state index contributed by atoms with van der Waals surface area (Å²) in [5.41, 5.74) is 0. The Labute approximate surface area is 94.2 Å². The van der Waals surface area contributed by atoms with E-state index >= 15 is 0 Å². The Morgan fingerprint density at radius 3 is 3.00 bits per heavy atom. The number of aryl methyl sites for hydroxylation is 1. The van der Waals surface area contributed by atoms with Gasteiger partial charge >= 0.3 is 0 Å². The molecule has 1 aromatic heterocycles. The molecule has 1 fully saturated rings. The molecule has 0 bridgehead atoms. The van der Waals surface area contributed by atoms with Crippen LogP contribution in [-0.2, 0) is 4.74 Å². The normalized spacial score (nSPS) is 21.8. The highest BCUT2D eigenvalue weighted by atomic mass is 35.5. The highest BCUT2D eigenvalue weighted by Gasteiger charge is 2.20. The Hall–Kier alpha value is -0.870. The van der Waals surface area contributed by atoms with Crippen LogP contribution in [0.5, 0.6) is 0 Å². The molecule has 5 heteroatoms. The van der Waals surface area contributed by atoms with Crippen molar-refractivity contribution < 1.29 is 4.74 Å². The van der Waals surface area contributed by atoms with Crippen molar-refractivity contribution in [3.63, 3.8) is 0 Å². The summed E-state index contributed by atoms with van der Waals surface area (Å²) in [6.45, 7) is 6.30. The van der Waals surface area contributed by atoms with Gasteiger partial charge in [-0.25, -0.2) is 9.97 Å². The van der Waals surface area contributed by atoms with Gasteiger partial charge in [0.15, 0.2) is 0 Å². The largest absolute Gasteiger partial charge is 0.377 e. The average molecular weight is 228 g/mol. The quantitative estimate of drug-likeness (QED) is 0.684. The fourth-order valence-corrected chi connectivity index (χ4v) is 1.95. The predicted molar refractivity (Wildman–Crippen MR) is 59.4 cm³/mol. The van der Waals surface area contributed by atoms with E-state index in [0.29, 0.717) is 17.0 Å². The number of nitrogens with zero attached hydrogens (tertiary/aromatic N) is 3. The first-order valence-corrected chi connectivity index (χ1v) is 5.40. The van der Waals surface area contributed by atoms with Gasteiger partial charge in [0.05, 0.1) is 19.3 Å². The van der Waals surface area contributed by atoms with Gasteiger partial charge < -0.3 is 9.64 Å². The zero-order valence-corrected chi connectivity index (χ0v) is 9.66. The summed E-state index contributed by atoms with van der Waals surface area (Å²) in [7, 11) is 0. The second kappa shape index (κ2) is 4.33. The lowest BCUT2D eigenvalue weighted by molar-refractivity contribution is 0.0985. The minimum absolute atomic E-state index is 0.337. The van der Waals surface area contributed by atoms with Gasteiger partial charge in [-0.05, 0) is 13.8 Å². The molecule has 0 radical (unpaired) electrons. The lowest BCUT2D eigenvalue weighted by Gasteiger charge is -2.34. The average Bonchev–Trinajstić information content (AvgIpc) is 2.16. The minimum Gasteiger partial charge on any atom is -0.377 e. The third-order valence-corrected chi connectivity index (χ3v) is 2.65. The SMILES string of the molecule is Cc1nc(Cl)cc(N2CCOC[C@@H]2C)n1. The summed E-state index contributed by atoms with van der Waals surface area (Å²) in [6.07, 6.45) is 0. The Bertz CT molecular complexity index is 338. The van der Waals surface area contributed by atoms with Gasteiger partial charge in [-0.15, -0.1) is 0 Å². The van der Waals surface area contributed by atoms with Crippen molar-refractivity contribution in [2.45, 2.75) is 19.9 Å². The fourth-order valence-electron chi connectivity index (χ4n) is 1.73. The molecule has 1 saturated heterocycles. The molecule has 0 amide bonds. The smallest absolute Gasteiger partial charge is 0.134 e. The lowest BCUT2D eigenvalue weighted by Crippen LogP contribution is -2.44. The first-order valence-electron chi connectivity index (χ1n) is 5.02. The van der Waals surface area contributed by atoms with E-state index in [-0.39, 0.29) is 0 Å². The number of ether oxygens (including phenoxy) is 1. The fraction of sp³-hybridized carbons (Fsp3) is 0.600. The Morgan fingerprint density at radius 1 is 1.53 bits per heavy atom. The molecule has 0 unspecified atom stereocenters. The Morgan fingerprint density at radius 2 is 2.33 bits per heavy atom. The van der Waals surface area contributed by atoms with E-state index in [4.69, 9.17) is 16.3 Å². The summed E-state index contributed by atoms with van der Waals surface area (Å²) in [6, 6.07) is 2.14. The van der Waals surface area contributed by atoms with E-state index in [1.165, 1.54) is 0 Å². The van der Waals surface area contributed by atoms with Crippen molar-refractivity contribution in [3.8, 4) is 0 Å². The van der Waals surface area contributed by atoms with Crippen molar-refractivity contribution in [2.24, 2.45) is 0 Å². The van der Waals surface area contributed by atoms with Crippen LogP contribution in [0.2, 0.25) is 5.15 Å². The third-order valence-electron chi connectivity index (χ3n) is 2.46. The maximum absolute atomic E-state index is 5.91. The van der Waals surface area contributed by atoms with Gasteiger partial charge in [0.25, 0.3) is 0 Å². The Balaban J connectivity index is 2.27. The molecule has 1 atom stereocenters. The first kappa shape index (κ1) is 10.6. The molecule has 15 heavy (non-hydrogen) atoms. The highest BCUT2D eigenvalue weighted by molar-refractivity contribution is 6.29. The van der Waals surface area contributed by atoms with Crippen LogP contribution in [0.15, 0.2) is 6.07 Å². The van der Waals surface area contributed by atoms with Gasteiger partial charge in [0.1, 0.15) is 16.8 Å². The van der Waals surface area contributed by atoms with Crippen molar-refractivity contribution in [1.82, 2.24) is 9.97 Å². The lowest BCUT2D eigenvalue weighted by atomic mass is 10.2. The van der Waals surface area contributed by atoms with Crippen LogP contribution >= 0.6 is 11.6 Å². The van der Waals surface area contributed by atoms with Crippen LogP contribution in [0.1, 0.15) is 12.7 Å². The first-order chi connectivity index (χ1) is 7.16. The summed E-state index contributed by atoms with van der Waals surface area (Å²) < 4.78 is 5.38. The number of aromatic nitrogens is 2. The van der Waals surface area contributed by atoms with Crippen molar-refractivity contribution in [3.05, 3.63) is 17.0 Å². The second-order valence-corrected chi connectivity index (χ2v) is 4.10. The monoisotopic (exact) mass is 227 g/mol. The maximum Gasteiger partial charge on any atom is 0.134 e. The zero-order valence-electron chi connectivity index (χ0n) is 8.90.